The predicted octanol–water partition coefficient (Wildman–Crippen LogP) is 3.42. The van der Waals surface area contributed by atoms with Gasteiger partial charge in [-0.15, -0.1) is 0 Å². The number of halogens is 1. The molecule has 2 aromatic carbocycles. The van der Waals surface area contributed by atoms with Crippen molar-refractivity contribution in [2.24, 2.45) is 0 Å². The van der Waals surface area contributed by atoms with Crippen molar-refractivity contribution in [3.63, 3.8) is 0 Å². The Labute approximate surface area is 166 Å². The lowest BCUT2D eigenvalue weighted by atomic mass is 10.0. The van der Waals surface area contributed by atoms with Gasteiger partial charge in [-0.25, -0.2) is 12.8 Å². The quantitative estimate of drug-likeness (QED) is 0.730. The van der Waals surface area contributed by atoms with E-state index in [1.165, 1.54) is 36.8 Å². The number of amides is 1. The molecule has 1 atom stereocenters. The van der Waals surface area contributed by atoms with Gasteiger partial charge in [0.05, 0.1) is 11.9 Å². The van der Waals surface area contributed by atoms with Crippen molar-refractivity contribution in [3.8, 4) is 0 Å². The maximum atomic E-state index is 14.2. The number of hydrogen-bond acceptors (Lipinski definition) is 3. The summed E-state index contributed by atoms with van der Waals surface area (Å²) in [5.74, 6) is -1.19. The minimum Gasteiger partial charge on any atom is -0.350 e. The van der Waals surface area contributed by atoms with Crippen LogP contribution in [0.15, 0.2) is 42.5 Å². The molecule has 0 unspecified atom stereocenters. The number of nitrogens with one attached hydrogen (secondary N) is 1. The first-order valence-corrected chi connectivity index (χ1v) is 11.2. The van der Waals surface area contributed by atoms with Crippen LogP contribution < -0.4 is 9.62 Å². The van der Waals surface area contributed by atoms with Gasteiger partial charge in [0.25, 0.3) is 0 Å². The van der Waals surface area contributed by atoms with E-state index < -0.39 is 27.8 Å². The van der Waals surface area contributed by atoms with Gasteiger partial charge in [0.15, 0.2) is 0 Å². The van der Waals surface area contributed by atoms with E-state index in [4.69, 9.17) is 0 Å². The molecule has 0 aliphatic carbocycles. The highest BCUT2D eigenvalue weighted by Gasteiger charge is 2.30. The summed E-state index contributed by atoms with van der Waals surface area (Å²) in [5.41, 5.74) is 3.15. The molecule has 0 spiro atoms. The Morgan fingerprint density at radius 3 is 2.36 bits per heavy atom. The van der Waals surface area contributed by atoms with Crippen LogP contribution in [0.25, 0.3) is 0 Å². The van der Waals surface area contributed by atoms with E-state index in [-0.39, 0.29) is 12.2 Å². The van der Waals surface area contributed by atoms with Gasteiger partial charge in [0.1, 0.15) is 11.9 Å². The zero-order valence-corrected chi connectivity index (χ0v) is 17.5. The normalized spacial score (nSPS) is 12.5. The van der Waals surface area contributed by atoms with Crippen LogP contribution >= 0.6 is 0 Å². The van der Waals surface area contributed by atoms with Crippen molar-refractivity contribution in [1.29, 1.82) is 0 Å². The number of aryl methyl sites for hydroxylation is 2. The topological polar surface area (TPSA) is 66.5 Å². The van der Waals surface area contributed by atoms with E-state index in [0.29, 0.717) is 0 Å². The van der Waals surface area contributed by atoms with Crippen molar-refractivity contribution >= 4 is 21.6 Å². The van der Waals surface area contributed by atoms with E-state index in [2.05, 4.69) is 24.4 Å². The fourth-order valence-corrected chi connectivity index (χ4v) is 4.33. The first kappa shape index (κ1) is 21.9. The molecule has 0 radical (unpaired) electrons. The number of anilines is 1. The lowest BCUT2D eigenvalue weighted by Gasteiger charge is -2.28. The number of sulfonamides is 1. The van der Waals surface area contributed by atoms with E-state index in [1.807, 2.05) is 13.0 Å². The average Bonchev–Trinajstić information content (AvgIpc) is 2.66. The molecule has 0 heterocycles. The smallest absolute Gasteiger partial charge is 0.243 e. The van der Waals surface area contributed by atoms with Crippen LogP contribution in [0.4, 0.5) is 10.1 Å². The Balaban J connectivity index is 2.24. The summed E-state index contributed by atoms with van der Waals surface area (Å²) in [6.45, 7) is 5.84. The Morgan fingerprint density at radius 1 is 1.11 bits per heavy atom. The summed E-state index contributed by atoms with van der Waals surface area (Å²) in [7, 11) is -3.86. The Hall–Kier alpha value is -2.41. The van der Waals surface area contributed by atoms with Crippen molar-refractivity contribution < 1.29 is 17.6 Å². The maximum Gasteiger partial charge on any atom is 0.243 e. The molecule has 7 heteroatoms. The minimum atomic E-state index is -3.86. The molecular weight excluding hydrogens is 379 g/mol. The number of benzene rings is 2. The first-order chi connectivity index (χ1) is 13.2. The molecule has 0 aliphatic rings. The van der Waals surface area contributed by atoms with E-state index in [9.17, 15) is 17.6 Å². The average molecular weight is 407 g/mol. The van der Waals surface area contributed by atoms with Crippen LogP contribution in [0.5, 0.6) is 0 Å². The molecule has 0 fully saturated rings. The molecule has 2 aromatic rings. The molecule has 1 N–H and O–H groups in total. The number of carbonyl (C=O) groups excluding carboxylic acids is 1. The van der Waals surface area contributed by atoms with Crippen molar-refractivity contribution in [2.75, 3.05) is 10.6 Å². The third-order valence-electron chi connectivity index (χ3n) is 4.69. The van der Waals surface area contributed by atoms with Gasteiger partial charge in [-0.1, -0.05) is 44.2 Å². The standard InChI is InChI=1S/C21H27FN2O3S/c1-5-16-11-12-17(6-2)18(13-16)14-23-21(25)15(3)24(28(4,26)27)20-10-8-7-9-19(20)22/h7-13,15H,5-6,14H2,1-4H3,(H,23,25)/t15-/m1/s1. The third kappa shape index (κ3) is 5.10. The summed E-state index contributed by atoms with van der Waals surface area (Å²) in [5, 5.41) is 2.80. The van der Waals surface area contributed by atoms with Gasteiger partial charge >= 0.3 is 0 Å². The molecule has 0 aromatic heterocycles. The van der Waals surface area contributed by atoms with Crippen LogP contribution in [0.2, 0.25) is 0 Å². The molecule has 152 valence electrons. The Morgan fingerprint density at radius 2 is 1.79 bits per heavy atom. The number of hydrogen-bond donors (Lipinski definition) is 1. The lowest BCUT2D eigenvalue weighted by molar-refractivity contribution is -0.122. The third-order valence-corrected chi connectivity index (χ3v) is 5.92. The second-order valence-electron chi connectivity index (χ2n) is 6.71. The molecule has 0 aliphatic heterocycles. The molecule has 0 saturated carbocycles. The summed E-state index contributed by atoms with van der Waals surface area (Å²) < 4.78 is 39.5. The zero-order chi connectivity index (χ0) is 20.9. The SMILES string of the molecule is CCc1ccc(CC)c(CNC(=O)[C@@H](C)N(c2ccccc2F)S(C)(=O)=O)c1. The van der Waals surface area contributed by atoms with E-state index in [0.717, 1.165) is 34.5 Å². The highest BCUT2D eigenvalue weighted by Crippen LogP contribution is 2.24. The molecule has 0 bridgehead atoms. The van der Waals surface area contributed by atoms with Crippen LogP contribution in [0, 0.1) is 5.82 Å². The minimum absolute atomic E-state index is 0.144. The Bertz CT molecular complexity index is 944. The van der Waals surface area contributed by atoms with Gasteiger partial charge in [-0.3, -0.25) is 9.10 Å². The second-order valence-corrected chi connectivity index (χ2v) is 8.57. The fourth-order valence-electron chi connectivity index (χ4n) is 3.15. The van der Waals surface area contributed by atoms with Crippen molar-refractivity contribution in [2.45, 2.75) is 46.2 Å². The molecule has 5 nitrogen and oxygen atoms in total. The number of nitrogens with zero attached hydrogens (tertiary/aromatic N) is 1. The first-order valence-electron chi connectivity index (χ1n) is 9.31. The van der Waals surface area contributed by atoms with Crippen molar-refractivity contribution in [1.82, 2.24) is 5.32 Å². The van der Waals surface area contributed by atoms with E-state index in [1.54, 1.807) is 0 Å². The van der Waals surface area contributed by atoms with E-state index >= 15 is 0 Å². The summed E-state index contributed by atoms with van der Waals surface area (Å²) in [4.78, 5) is 12.7. The monoisotopic (exact) mass is 406 g/mol. The summed E-state index contributed by atoms with van der Waals surface area (Å²) in [6, 6.07) is 10.6. The van der Waals surface area contributed by atoms with Gasteiger partial charge in [0.2, 0.25) is 15.9 Å². The highest BCUT2D eigenvalue weighted by molar-refractivity contribution is 7.92. The zero-order valence-electron chi connectivity index (χ0n) is 16.7. The number of rotatable bonds is 8. The Kier molecular flexibility index (Phi) is 7.18. The second kappa shape index (κ2) is 9.19. The molecule has 28 heavy (non-hydrogen) atoms. The van der Waals surface area contributed by atoms with Crippen LogP contribution in [0.3, 0.4) is 0 Å². The lowest BCUT2D eigenvalue weighted by Crippen LogP contribution is -2.48. The number of para-hydroxylation sites is 1. The fraction of sp³-hybridized carbons (Fsp3) is 0.381. The van der Waals surface area contributed by atoms with Crippen LogP contribution in [-0.4, -0.2) is 26.6 Å². The highest BCUT2D eigenvalue weighted by atomic mass is 32.2. The summed E-state index contributed by atoms with van der Waals surface area (Å²) in [6.07, 6.45) is 2.68. The predicted molar refractivity (Wildman–Crippen MR) is 110 cm³/mol. The molecular formula is C21H27FN2O3S. The largest absolute Gasteiger partial charge is 0.350 e. The maximum absolute atomic E-state index is 14.2. The number of carbonyl (C=O) groups is 1. The van der Waals surface area contributed by atoms with Crippen molar-refractivity contribution in [3.05, 3.63) is 65.0 Å². The van der Waals surface area contributed by atoms with Crippen LogP contribution in [-0.2, 0) is 34.2 Å². The van der Waals surface area contributed by atoms with Gasteiger partial charge < -0.3 is 5.32 Å². The van der Waals surface area contributed by atoms with Gasteiger partial charge in [0, 0.05) is 6.54 Å². The molecule has 2 rings (SSSR count). The van der Waals surface area contributed by atoms with Crippen LogP contribution in [0.1, 0.15) is 37.5 Å². The van der Waals surface area contributed by atoms with Gasteiger partial charge in [-0.2, -0.15) is 0 Å². The molecule has 0 saturated heterocycles. The van der Waals surface area contributed by atoms with Gasteiger partial charge in [-0.05, 0) is 48.6 Å². The molecule has 1 amide bonds. The summed E-state index contributed by atoms with van der Waals surface area (Å²) >= 11 is 0.